The first-order chi connectivity index (χ1) is 26.8. The third kappa shape index (κ3) is 44.6. The van der Waals surface area contributed by atoms with E-state index in [2.05, 4.69) is 54.8 Å². The molecular formula is C46H83O8P. The third-order valence-electron chi connectivity index (χ3n) is 9.63. The predicted molar refractivity (Wildman–Crippen MR) is 230 cm³/mol. The summed E-state index contributed by atoms with van der Waals surface area (Å²) in [6.45, 7) is 3.52. The molecule has 9 heteroatoms. The van der Waals surface area contributed by atoms with Crippen LogP contribution in [0.3, 0.4) is 0 Å². The molecule has 0 aliphatic carbocycles. The summed E-state index contributed by atoms with van der Waals surface area (Å²) in [6.07, 6.45) is 51.6. The molecule has 0 rings (SSSR count). The number of unbranched alkanes of at least 4 members (excludes halogenated alkanes) is 23. The van der Waals surface area contributed by atoms with Crippen molar-refractivity contribution in [2.24, 2.45) is 0 Å². The van der Waals surface area contributed by atoms with Crippen LogP contribution in [0, 0.1) is 0 Å². The highest BCUT2D eigenvalue weighted by molar-refractivity contribution is 7.46. The summed E-state index contributed by atoms with van der Waals surface area (Å²) in [5, 5.41) is 0. The second-order valence-electron chi connectivity index (χ2n) is 15.0. The minimum Gasteiger partial charge on any atom is -0.462 e. The highest BCUT2D eigenvalue weighted by atomic mass is 31.2. The molecule has 0 aliphatic heterocycles. The van der Waals surface area contributed by atoms with Crippen LogP contribution in [0.15, 0.2) is 48.6 Å². The number of esters is 2. The number of rotatable bonds is 41. The largest absolute Gasteiger partial charge is 0.469 e. The van der Waals surface area contributed by atoms with E-state index in [9.17, 15) is 14.2 Å². The Morgan fingerprint density at radius 3 is 1.27 bits per heavy atom. The topological polar surface area (TPSA) is 119 Å². The molecule has 0 aliphatic rings. The van der Waals surface area contributed by atoms with E-state index in [0.29, 0.717) is 6.42 Å². The Morgan fingerprint density at radius 2 is 0.873 bits per heavy atom. The van der Waals surface area contributed by atoms with Crippen LogP contribution in [0.2, 0.25) is 0 Å². The smallest absolute Gasteiger partial charge is 0.462 e. The second kappa shape index (κ2) is 41.6. The van der Waals surface area contributed by atoms with Crippen LogP contribution >= 0.6 is 7.82 Å². The molecule has 0 saturated carbocycles. The average Bonchev–Trinajstić information content (AvgIpc) is 3.16. The van der Waals surface area contributed by atoms with Crippen molar-refractivity contribution in [3.05, 3.63) is 48.6 Å². The van der Waals surface area contributed by atoms with Gasteiger partial charge in [0.1, 0.15) is 6.61 Å². The van der Waals surface area contributed by atoms with E-state index in [1.54, 1.807) is 0 Å². The van der Waals surface area contributed by atoms with Crippen molar-refractivity contribution in [3.63, 3.8) is 0 Å². The van der Waals surface area contributed by atoms with Crippen LogP contribution in [-0.2, 0) is 28.2 Å². The van der Waals surface area contributed by atoms with Gasteiger partial charge in [-0.3, -0.25) is 14.1 Å². The molecule has 0 amide bonds. The maximum atomic E-state index is 12.3. The minimum atomic E-state index is -4.77. The van der Waals surface area contributed by atoms with Gasteiger partial charge in [0, 0.05) is 12.8 Å². The van der Waals surface area contributed by atoms with Crippen LogP contribution in [-0.4, -0.2) is 41.0 Å². The lowest BCUT2D eigenvalue weighted by Crippen LogP contribution is -2.29. The van der Waals surface area contributed by atoms with Gasteiger partial charge in [-0.2, -0.15) is 0 Å². The predicted octanol–water partition coefficient (Wildman–Crippen LogP) is 13.9. The van der Waals surface area contributed by atoms with E-state index in [0.717, 1.165) is 44.9 Å². The Bertz CT molecular complexity index is 1030. The van der Waals surface area contributed by atoms with Gasteiger partial charge in [0.15, 0.2) is 6.10 Å². The van der Waals surface area contributed by atoms with Gasteiger partial charge in [-0.1, -0.05) is 210 Å². The number of phosphoric acid groups is 1. The molecule has 0 bridgehead atoms. The minimum absolute atomic E-state index is 0.0914. The van der Waals surface area contributed by atoms with Crippen molar-refractivity contribution < 1.29 is 37.9 Å². The fourth-order valence-corrected chi connectivity index (χ4v) is 6.69. The molecule has 0 aromatic heterocycles. The molecular weight excluding hydrogens is 711 g/mol. The summed E-state index contributed by atoms with van der Waals surface area (Å²) in [7, 11) is -4.77. The van der Waals surface area contributed by atoms with E-state index in [-0.39, 0.29) is 19.4 Å². The van der Waals surface area contributed by atoms with Crippen molar-refractivity contribution in [1.29, 1.82) is 0 Å². The maximum Gasteiger partial charge on any atom is 0.469 e. The summed E-state index contributed by atoms with van der Waals surface area (Å²) in [4.78, 5) is 42.8. The Labute approximate surface area is 337 Å². The molecule has 55 heavy (non-hydrogen) atoms. The van der Waals surface area contributed by atoms with Crippen LogP contribution in [0.4, 0.5) is 0 Å². The average molecular weight is 795 g/mol. The van der Waals surface area contributed by atoms with Crippen molar-refractivity contribution in [1.82, 2.24) is 0 Å². The summed E-state index contributed by atoms with van der Waals surface area (Å²) >= 11 is 0. The fraction of sp³-hybridized carbons (Fsp3) is 0.783. The number of hydrogen-bond acceptors (Lipinski definition) is 6. The van der Waals surface area contributed by atoms with Crippen LogP contribution in [0.5, 0.6) is 0 Å². The second-order valence-corrected chi connectivity index (χ2v) is 16.2. The molecule has 0 aromatic rings. The lowest BCUT2D eigenvalue weighted by molar-refractivity contribution is -0.161. The lowest BCUT2D eigenvalue weighted by Gasteiger charge is -2.18. The maximum absolute atomic E-state index is 12.3. The van der Waals surface area contributed by atoms with E-state index in [1.165, 1.54) is 135 Å². The van der Waals surface area contributed by atoms with Crippen molar-refractivity contribution >= 4 is 19.8 Å². The third-order valence-corrected chi connectivity index (χ3v) is 10.1. The van der Waals surface area contributed by atoms with Crippen LogP contribution < -0.4 is 0 Å². The number of carbonyl (C=O) groups is 2. The van der Waals surface area contributed by atoms with Crippen molar-refractivity contribution in [2.75, 3.05) is 13.2 Å². The number of allylic oxidation sites excluding steroid dienone is 8. The molecule has 0 spiro atoms. The van der Waals surface area contributed by atoms with Gasteiger partial charge < -0.3 is 19.3 Å². The molecule has 1 unspecified atom stereocenters. The van der Waals surface area contributed by atoms with Gasteiger partial charge in [-0.15, -0.1) is 0 Å². The molecule has 1 atom stereocenters. The SMILES string of the molecule is CC/C=C\C/C=C\C/C=C\C/C=C\CCC(=O)OC(COC(=O)CCCCCCCCCCCCCCCCCCCCCCCCCC)COP(=O)(O)O. The van der Waals surface area contributed by atoms with Gasteiger partial charge in [0.2, 0.25) is 0 Å². The zero-order valence-electron chi connectivity index (χ0n) is 35.3. The first kappa shape index (κ1) is 53.0. The summed E-state index contributed by atoms with van der Waals surface area (Å²) in [5.41, 5.74) is 0. The van der Waals surface area contributed by atoms with Gasteiger partial charge in [0.25, 0.3) is 0 Å². The van der Waals surface area contributed by atoms with E-state index in [1.807, 2.05) is 12.2 Å². The lowest BCUT2D eigenvalue weighted by atomic mass is 10.0. The van der Waals surface area contributed by atoms with Crippen LogP contribution in [0.25, 0.3) is 0 Å². The Balaban J connectivity index is 3.83. The van der Waals surface area contributed by atoms with Crippen molar-refractivity contribution in [3.8, 4) is 0 Å². The quantitative estimate of drug-likeness (QED) is 0.0272. The molecule has 2 N–H and O–H groups in total. The van der Waals surface area contributed by atoms with Crippen LogP contribution in [0.1, 0.15) is 213 Å². The van der Waals surface area contributed by atoms with Gasteiger partial charge in [-0.25, -0.2) is 4.57 Å². The molecule has 320 valence electrons. The zero-order valence-corrected chi connectivity index (χ0v) is 36.2. The summed E-state index contributed by atoms with van der Waals surface area (Å²) in [6, 6.07) is 0. The highest BCUT2D eigenvalue weighted by Gasteiger charge is 2.22. The number of carbonyl (C=O) groups excluding carboxylic acids is 2. The fourth-order valence-electron chi connectivity index (χ4n) is 6.33. The van der Waals surface area contributed by atoms with E-state index >= 15 is 0 Å². The Kier molecular flexibility index (Phi) is 40.1. The van der Waals surface area contributed by atoms with Gasteiger partial charge in [-0.05, 0) is 38.5 Å². The van der Waals surface area contributed by atoms with E-state index < -0.39 is 32.5 Å². The highest BCUT2D eigenvalue weighted by Crippen LogP contribution is 2.36. The molecule has 8 nitrogen and oxygen atoms in total. The first-order valence-electron chi connectivity index (χ1n) is 22.4. The number of hydrogen-bond donors (Lipinski definition) is 2. The molecule has 0 heterocycles. The first-order valence-corrected chi connectivity index (χ1v) is 24.0. The van der Waals surface area contributed by atoms with Gasteiger partial charge >= 0.3 is 19.8 Å². The Morgan fingerprint density at radius 1 is 0.491 bits per heavy atom. The van der Waals surface area contributed by atoms with E-state index in [4.69, 9.17) is 19.3 Å². The number of phosphoric ester groups is 1. The molecule has 0 saturated heterocycles. The van der Waals surface area contributed by atoms with Gasteiger partial charge in [0.05, 0.1) is 6.61 Å². The monoisotopic (exact) mass is 795 g/mol. The molecule has 0 aromatic carbocycles. The summed E-state index contributed by atoms with van der Waals surface area (Å²) in [5.74, 6) is -0.973. The zero-order chi connectivity index (χ0) is 40.3. The van der Waals surface area contributed by atoms with Crippen molar-refractivity contribution in [2.45, 2.75) is 219 Å². The number of ether oxygens (including phenoxy) is 2. The summed E-state index contributed by atoms with van der Waals surface area (Å²) < 4.78 is 26.3. The normalized spacial score (nSPS) is 12.9. The Hall–Kier alpha value is -1.99. The molecule has 0 radical (unpaired) electrons. The molecule has 0 fully saturated rings. The standard InChI is InChI=1S/C46H83O8P/c1-3-5-7-9-11-13-15-17-18-19-20-21-22-23-24-25-26-27-29-30-32-34-36-38-40-45(47)52-42-44(43-53-55(49,50)51)54-46(48)41-39-37-35-33-31-28-16-14-12-10-8-6-4-2/h6,8,12,14,28,31,35,37,44H,3-5,7,9-11,13,15-27,29-30,32-34,36,38-43H2,1-2H3,(H2,49,50,51)/b8-6-,14-12-,31-28-,37-35-.